The van der Waals surface area contributed by atoms with E-state index in [2.05, 4.69) is 31.3 Å². The highest BCUT2D eigenvalue weighted by atomic mass is 16.5. The van der Waals surface area contributed by atoms with Crippen molar-refractivity contribution in [3.05, 3.63) is 12.2 Å². The van der Waals surface area contributed by atoms with E-state index < -0.39 is 12.1 Å². The van der Waals surface area contributed by atoms with Crippen LogP contribution in [-0.4, -0.2) is 47.4 Å². The third-order valence-corrected chi connectivity index (χ3v) is 18.3. The summed E-state index contributed by atoms with van der Waals surface area (Å²) in [4.78, 5) is 24.7. The molecule has 6 nitrogen and oxygen atoms in total. The fourth-order valence-corrected chi connectivity index (χ4v) is 12.5. The predicted octanol–water partition coefficient (Wildman–Crippen LogP) is 25.1. The molecule has 0 spiro atoms. The molecule has 0 aromatic heterocycles. The molecule has 2 atom stereocenters. The Morgan fingerprint density at radius 2 is 0.566 bits per heavy atom. The summed E-state index contributed by atoms with van der Waals surface area (Å²) in [5.41, 5.74) is 0. The zero-order chi connectivity index (χ0) is 59.9. The number of esters is 1. The Morgan fingerprint density at radius 3 is 0.855 bits per heavy atom. The van der Waals surface area contributed by atoms with Crippen molar-refractivity contribution in [1.29, 1.82) is 0 Å². The van der Waals surface area contributed by atoms with Gasteiger partial charge in [-0.15, -0.1) is 0 Å². The maximum atomic E-state index is 12.6. The highest BCUT2D eigenvalue weighted by Gasteiger charge is 2.20. The van der Waals surface area contributed by atoms with Gasteiger partial charge in [0.1, 0.15) is 0 Å². The first kappa shape index (κ1) is 81.6. The minimum atomic E-state index is -0.664. The van der Waals surface area contributed by atoms with Crippen molar-refractivity contribution in [2.45, 2.75) is 456 Å². The second-order valence-corrected chi connectivity index (χ2v) is 26.7. The maximum absolute atomic E-state index is 12.6. The molecule has 83 heavy (non-hydrogen) atoms. The SMILES string of the molecule is CCCCCCCCC/C=C\CCCCCCCC(=O)OCCCCCCCCCCCCCCCCCCCCCCCCCCCCC(=O)NC(CO)C(O)CCCCCCCCCCCCCCCCCCCCCCCCCC. The predicted molar refractivity (Wildman–Crippen MR) is 366 cm³/mol. The van der Waals surface area contributed by atoms with Crippen LogP contribution in [0.4, 0.5) is 0 Å². The lowest BCUT2D eigenvalue weighted by Gasteiger charge is -2.22. The van der Waals surface area contributed by atoms with Crippen molar-refractivity contribution >= 4 is 11.9 Å². The molecule has 2 unspecified atom stereocenters. The molecule has 0 aromatic rings. The van der Waals surface area contributed by atoms with Crippen LogP contribution in [0.15, 0.2) is 12.2 Å². The van der Waals surface area contributed by atoms with Crippen LogP contribution in [0.25, 0.3) is 0 Å². The van der Waals surface area contributed by atoms with Crippen molar-refractivity contribution in [2.75, 3.05) is 13.2 Å². The summed E-state index contributed by atoms with van der Waals surface area (Å²) in [6.45, 7) is 5.00. The summed E-state index contributed by atoms with van der Waals surface area (Å²) >= 11 is 0. The fraction of sp³-hybridized carbons (Fsp3) is 0.948. The lowest BCUT2D eigenvalue weighted by molar-refractivity contribution is -0.143. The number of amides is 1. The monoisotopic (exact) mass is 1170 g/mol. The van der Waals surface area contributed by atoms with Crippen LogP contribution in [0, 0.1) is 0 Å². The zero-order valence-electron chi connectivity index (χ0n) is 56.7. The number of ether oxygens (including phenoxy) is 1. The van der Waals surface area contributed by atoms with Crippen LogP contribution < -0.4 is 5.32 Å². The molecule has 0 aliphatic heterocycles. The van der Waals surface area contributed by atoms with E-state index in [1.807, 2.05) is 0 Å². The Bertz CT molecular complexity index is 1260. The molecule has 0 saturated heterocycles. The first-order valence-corrected chi connectivity index (χ1v) is 38.4. The standard InChI is InChI=1S/C77H151NO5/c1-3-5-7-9-11-13-15-17-19-21-22-23-24-29-32-35-38-41-45-49-53-57-61-65-69-75(80)74(73-79)78-76(81)70-66-62-58-54-50-46-42-39-36-33-30-27-25-26-28-31-34-37-40-44-48-52-56-60-64-68-72-83-77(82)71-67-63-59-55-51-47-43-20-18-16-14-12-10-8-6-4-2/h20,43,74-75,79-80H,3-19,21-42,44-73H2,1-2H3,(H,78,81)/b43-20-. The maximum Gasteiger partial charge on any atom is 0.305 e. The Kier molecular flexibility index (Phi) is 71.8. The zero-order valence-corrected chi connectivity index (χ0v) is 56.7. The van der Waals surface area contributed by atoms with Gasteiger partial charge in [-0.05, 0) is 51.4 Å². The second-order valence-electron chi connectivity index (χ2n) is 26.7. The van der Waals surface area contributed by atoms with Gasteiger partial charge in [-0.25, -0.2) is 0 Å². The molecule has 0 radical (unpaired) electrons. The van der Waals surface area contributed by atoms with Crippen molar-refractivity contribution in [1.82, 2.24) is 5.32 Å². The lowest BCUT2D eigenvalue weighted by atomic mass is 10.0. The largest absolute Gasteiger partial charge is 0.466 e. The van der Waals surface area contributed by atoms with Crippen LogP contribution in [0.1, 0.15) is 444 Å². The average Bonchev–Trinajstić information content (AvgIpc) is 3.49. The number of unbranched alkanes of at least 4 members (excludes halogenated alkanes) is 60. The Balaban J connectivity index is 3.35. The molecule has 0 heterocycles. The molecule has 1 amide bonds. The first-order valence-electron chi connectivity index (χ1n) is 38.4. The second kappa shape index (κ2) is 73.1. The number of hydrogen-bond acceptors (Lipinski definition) is 5. The number of aliphatic hydroxyl groups excluding tert-OH is 2. The summed E-state index contributed by atoms with van der Waals surface area (Å²) in [6, 6.07) is -0.541. The molecular formula is C77H151NO5. The van der Waals surface area contributed by atoms with Crippen LogP contribution in [-0.2, 0) is 14.3 Å². The molecule has 6 heteroatoms. The molecule has 0 aromatic carbocycles. The van der Waals surface area contributed by atoms with Gasteiger partial charge >= 0.3 is 5.97 Å². The Labute approximate surface area is 520 Å². The first-order chi connectivity index (χ1) is 41.0. The number of hydrogen-bond donors (Lipinski definition) is 3. The van der Waals surface area contributed by atoms with Crippen LogP contribution in [0.5, 0.6) is 0 Å². The minimum Gasteiger partial charge on any atom is -0.466 e. The van der Waals surface area contributed by atoms with Crippen molar-refractivity contribution in [3.8, 4) is 0 Å². The lowest BCUT2D eigenvalue weighted by Crippen LogP contribution is -2.45. The summed E-state index contributed by atoms with van der Waals surface area (Å²) in [5.74, 6) is -0.0155. The average molecular weight is 1170 g/mol. The van der Waals surface area contributed by atoms with Crippen molar-refractivity contribution in [2.24, 2.45) is 0 Å². The summed E-state index contributed by atoms with van der Waals surface area (Å²) in [6.07, 6.45) is 91.4. The van der Waals surface area contributed by atoms with E-state index in [1.165, 1.54) is 366 Å². The quantitative estimate of drug-likeness (QED) is 0.0320. The summed E-state index contributed by atoms with van der Waals surface area (Å²) < 4.78 is 5.50. The van der Waals surface area contributed by atoms with Gasteiger partial charge in [0, 0.05) is 12.8 Å². The van der Waals surface area contributed by atoms with Gasteiger partial charge in [-0.2, -0.15) is 0 Å². The molecule has 3 N–H and O–H groups in total. The molecule has 0 aliphatic carbocycles. The van der Waals surface area contributed by atoms with Gasteiger partial charge in [0.15, 0.2) is 0 Å². The molecule has 494 valence electrons. The van der Waals surface area contributed by atoms with Gasteiger partial charge in [0.25, 0.3) is 0 Å². The molecule has 0 saturated carbocycles. The number of rotatable bonds is 73. The molecule has 0 aliphatic rings. The molecule has 0 fully saturated rings. The van der Waals surface area contributed by atoms with Gasteiger partial charge in [-0.1, -0.05) is 392 Å². The number of nitrogens with one attached hydrogen (secondary N) is 1. The third-order valence-electron chi connectivity index (χ3n) is 18.3. The van der Waals surface area contributed by atoms with Crippen LogP contribution >= 0.6 is 0 Å². The van der Waals surface area contributed by atoms with Gasteiger partial charge in [-0.3, -0.25) is 9.59 Å². The van der Waals surface area contributed by atoms with E-state index in [1.54, 1.807) is 0 Å². The molecular weight excluding hydrogens is 1020 g/mol. The summed E-state index contributed by atoms with van der Waals surface area (Å²) in [5, 5.41) is 23.5. The highest BCUT2D eigenvalue weighted by molar-refractivity contribution is 5.76. The van der Waals surface area contributed by atoms with Crippen molar-refractivity contribution in [3.63, 3.8) is 0 Å². The normalized spacial score (nSPS) is 12.5. The third kappa shape index (κ3) is 69.6. The number of aliphatic hydroxyl groups is 2. The Hall–Kier alpha value is -1.40. The van der Waals surface area contributed by atoms with E-state index in [-0.39, 0.29) is 18.5 Å². The fourth-order valence-electron chi connectivity index (χ4n) is 12.5. The number of allylic oxidation sites excluding steroid dienone is 2. The van der Waals surface area contributed by atoms with Crippen LogP contribution in [0.2, 0.25) is 0 Å². The number of carbonyl (C=O) groups is 2. The van der Waals surface area contributed by atoms with Gasteiger partial charge < -0.3 is 20.3 Å². The van der Waals surface area contributed by atoms with Gasteiger partial charge in [0.05, 0.1) is 25.4 Å². The Morgan fingerprint density at radius 1 is 0.325 bits per heavy atom. The minimum absolute atomic E-state index is 0.0113. The van der Waals surface area contributed by atoms with E-state index in [0.717, 1.165) is 44.9 Å². The van der Waals surface area contributed by atoms with E-state index >= 15 is 0 Å². The van der Waals surface area contributed by atoms with Gasteiger partial charge in [0.2, 0.25) is 5.91 Å². The highest BCUT2D eigenvalue weighted by Crippen LogP contribution is 2.20. The molecule has 0 bridgehead atoms. The molecule has 0 rings (SSSR count). The van der Waals surface area contributed by atoms with Crippen LogP contribution in [0.3, 0.4) is 0 Å². The van der Waals surface area contributed by atoms with E-state index in [9.17, 15) is 19.8 Å². The number of carbonyl (C=O) groups excluding carboxylic acids is 2. The van der Waals surface area contributed by atoms with E-state index in [0.29, 0.717) is 25.9 Å². The van der Waals surface area contributed by atoms with E-state index in [4.69, 9.17) is 4.74 Å². The summed E-state index contributed by atoms with van der Waals surface area (Å²) in [7, 11) is 0. The topological polar surface area (TPSA) is 95.9 Å². The smallest absolute Gasteiger partial charge is 0.305 e. The van der Waals surface area contributed by atoms with Crippen molar-refractivity contribution < 1.29 is 24.5 Å².